The SMILES string of the molecule is c1ccc(-c2ccc(N(c3cc4c(c5ccccc35)c3ccccc3n4-c3ccccc3)c3cccc4oc(-c5cccc(-c6ccccc6)c5)nc34)cc2)cc1. The third kappa shape index (κ3) is 5.58. The fourth-order valence-electron chi connectivity index (χ4n) is 8.39. The van der Waals surface area contributed by atoms with Crippen LogP contribution in [0.15, 0.2) is 217 Å². The molecule has 11 aromatic rings. The Morgan fingerprint density at radius 3 is 1.74 bits per heavy atom. The molecule has 9 aromatic carbocycles. The van der Waals surface area contributed by atoms with Crippen molar-refractivity contribution < 1.29 is 4.42 Å². The Bertz CT molecular complexity index is 3220. The molecule has 11 rings (SSSR count). The minimum absolute atomic E-state index is 0.583. The molecule has 0 unspecified atom stereocenters. The Hall–Kier alpha value is -7.69. The lowest BCUT2D eigenvalue weighted by Crippen LogP contribution is -2.11. The van der Waals surface area contributed by atoms with Crippen molar-refractivity contribution >= 4 is 60.7 Å². The molecule has 0 bridgehead atoms. The maximum atomic E-state index is 6.62. The number of aromatic nitrogens is 2. The van der Waals surface area contributed by atoms with E-state index in [9.17, 15) is 0 Å². The Kier molecular flexibility index (Phi) is 7.78. The van der Waals surface area contributed by atoms with Gasteiger partial charge in [-0.05, 0) is 88.3 Å². The van der Waals surface area contributed by atoms with Gasteiger partial charge >= 0.3 is 0 Å². The van der Waals surface area contributed by atoms with E-state index in [1.54, 1.807) is 0 Å². The minimum Gasteiger partial charge on any atom is -0.436 e. The first-order chi connectivity index (χ1) is 28.3. The lowest BCUT2D eigenvalue weighted by atomic mass is 10.00. The van der Waals surface area contributed by atoms with Gasteiger partial charge in [0.15, 0.2) is 5.58 Å². The van der Waals surface area contributed by atoms with Gasteiger partial charge in [0.25, 0.3) is 0 Å². The summed E-state index contributed by atoms with van der Waals surface area (Å²) in [5.41, 5.74) is 13.5. The molecule has 0 saturated heterocycles. The molecule has 57 heavy (non-hydrogen) atoms. The zero-order valence-electron chi connectivity index (χ0n) is 31.0. The molecule has 0 saturated carbocycles. The van der Waals surface area contributed by atoms with E-state index in [0.717, 1.165) is 67.0 Å². The van der Waals surface area contributed by atoms with Gasteiger partial charge in [0.2, 0.25) is 5.89 Å². The summed E-state index contributed by atoms with van der Waals surface area (Å²) < 4.78 is 9.01. The van der Waals surface area contributed by atoms with E-state index in [2.05, 4.69) is 210 Å². The third-order valence-corrected chi connectivity index (χ3v) is 11.0. The molecule has 0 aliphatic carbocycles. The van der Waals surface area contributed by atoms with Crippen LogP contribution in [0.25, 0.3) is 83.1 Å². The predicted octanol–water partition coefficient (Wildman–Crippen LogP) is 14.5. The highest BCUT2D eigenvalue weighted by molar-refractivity contribution is 6.25. The molecule has 0 aliphatic rings. The van der Waals surface area contributed by atoms with Gasteiger partial charge in [-0.3, -0.25) is 0 Å². The number of nitrogens with zero attached hydrogens (tertiary/aromatic N) is 3. The number of fused-ring (bicyclic) bond motifs is 6. The fraction of sp³-hybridized carbons (Fsp3) is 0. The summed E-state index contributed by atoms with van der Waals surface area (Å²) in [4.78, 5) is 7.64. The molecule has 2 heterocycles. The van der Waals surface area contributed by atoms with E-state index in [0.29, 0.717) is 5.89 Å². The average molecular weight is 730 g/mol. The second-order valence-electron chi connectivity index (χ2n) is 14.4. The number of hydrogen-bond donors (Lipinski definition) is 0. The van der Waals surface area contributed by atoms with Crippen molar-refractivity contribution in [2.75, 3.05) is 4.90 Å². The quantitative estimate of drug-likeness (QED) is 0.164. The van der Waals surface area contributed by atoms with Crippen molar-refractivity contribution in [2.45, 2.75) is 0 Å². The van der Waals surface area contributed by atoms with Crippen molar-refractivity contribution in [1.29, 1.82) is 0 Å². The van der Waals surface area contributed by atoms with Crippen LogP contribution in [0.4, 0.5) is 17.1 Å². The van der Waals surface area contributed by atoms with Crippen LogP contribution in [0, 0.1) is 0 Å². The zero-order valence-corrected chi connectivity index (χ0v) is 31.0. The summed E-state index contributed by atoms with van der Waals surface area (Å²) in [5.74, 6) is 0.583. The van der Waals surface area contributed by atoms with Crippen LogP contribution in [0.5, 0.6) is 0 Å². The standard InChI is InChI=1S/C53H35N3O/c1-4-16-36(17-5-1)38-30-32-42(33-31-38)56(47-28-15-29-50-52(47)54-53(57-50)40-21-14-20-39(34-40)37-18-6-2-7-19-37)48-35-49-51(44-25-11-10-24-43(44)48)45-26-12-13-27-46(45)55(49)41-22-8-3-9-23-41/h1-35H. The first-order valence-corrected chi connectivity index (χ1v) is 19.3. The lowest BCUT2D eigenvalue weighted by molar-refractivity contribution is 0.620. The summed E-state index contributed by atoms with van der Waals surface area (Å²) in [6.45, 7) is 0. The van der Waals surface area contributed by atoms with E-state index >= 15 is 0 Å². The Morgan fingerprint density at radius 2 is 0.982 bits per heavy atom. The van der Waals surface area contributed by atoms with E-state index in [-0.39, 0.29) is 0 Å². The highest BCUT2D eigenvalue weighted by Gasteiger charge is 2.24. The molecule has 0 N–H and O–H groups in total. The summed E-state index contributed by atoms with van der Waals surface area (Å²) in [6.07, 6.45) is 0. The lowest BCUT2D eigenvalue weighted by Gasteiger charge is -2.27. The van der Waals surface area contributed by atoms with E-state index in [4.69, 9.17) is 9.40 Å². The van der Waals surface area contributed by atoms with Crippen molar-refractivity contribution in [3.63, 3.8) is 0 Å². The summed E-state index contributed by atoms with van der Waals surface area (Å²) >= 11 is 0. The van der Waals surface area contributed by atoms with Crippen LogP contribution in [0.1, 0.15) is 0 Å². The Balaban J connectivity index is 1.18. The van der Waals surface area contributed by atoms with Crippen LogP contribution < -0.4 is 4.90 Å². The second-order valence-corrected chi connectivity index (χ2v) is 14.4. The van der Waals surface area contributed by atoms with Gasteiger partial charge in [-0.2, -0.15) is 0 Å². The Labute approximate surface area is 330 Å². The van der Waals surface area contributed by atoms with Crippen LogP contribution in [-0.2, 0) is 0 Å². The molecule has 4 heteroatoms. The van der Waals surface area contributed by atoms with Gasteiger partial charge in [0, 0.05) is 33.1 Å². The summed E-state index contributed by atoms with van der Waals surface area (Å²) in [7, 11) is 0. The monoisotopic (exact) mass is 729 g/mol. The maximum absolute atomic E-state index is 6.62. The van der Waals surface area contributed by atoms with Crippen LogP contribution in [-0.4, -0.2) is 9.55 Å². The molecule has 0 amide bonds. The number of para-hydroxylation sites is 3. The first kappa shape index (κ1) is 32.7. The average Bonchev–Trinajstić information content (AvgIpc) is 3.88. The second kappa shape index (κ2) is 13.6. The maximum Gasteiger partial charge on any atom is 0.227 e. The van der Waals surface area contributed by atoms with Gasteiger partial charge in [-0.1, -0.05) is 152 Å². The van der Waals surface area contributed by atoms with Crippen LogP contribution in [0.2, 0.25) is 0 Å². The number of rotatable bonds is 7. The number of benzene rings is 9. The topological polar surface area (TPSA) is 34.2 Å². The smallest absolute Gasteiger partial charge is 0.227 e. The van der Waals surface area contributed by atoms with Crippen molar-refractivity contribution in [3.05, 3.63) is 212 Å². The fourth-order valence-corrected chi connectivity index (χ4v) is 8.39. The molecule has 0 aliphatic heterocycles. The summed E-state index contributed by atoms with van der Waals surface area (Å²) in [6, 6.07) is 75.0. The number of hydrogen-bond acceptors (Lipinski definition) is 3. The van der Waals surface area contributed by atoms with Crippen molar-refractivity contribution in [3.8, 4) is 39.4 Å². The van der Waals surface area contributed by atoms with Crippen LogP contribution >= 0.6 is 0 Å². The van der Waals surface area contributed by atoms with E-state index < -0.39 is 0 Å². The number of anilines is 3. The van der Waals surface area contributed by atoms with E-state index in [1.807, 2.05) is 12.1 Å². The molecule has 268 valence electrons. The first-order valence-electron chi connectivity index (χ1n) is 19.3. The molecule has 0 radical (unpaired) electrons. The molecule has 4 nitrogen and oxygen atoms in total. The molecule has 0 spiro atoms. The van der Waals surface area contributed by atoms with Gasteiger partial charge in [0.05, 0.1) is 22.4 Å². The number of oxazole rings is 1. The Morgan fingerprint density at radius 1 is 0.404 bits per heavy atom. The molecular formula is C53H35N3O. The predicted molar refractivity (Wildman–Crippen MR) is 237 cm³/mol. The zero-order chi connectivity index (χ0) is 37.7. The molecule has 2 aromatic heterocycles. The molecule has 0 fully saturated rings. The third-order valence-electron chi connectivity index (χ3n) is 11.0. The summed E-state index contributed by atoms with van der Waals surface area (Å²) in [5, 5.41) is 4.78. The normalized spacial score (nSPS) is 11.5. The largest absolute Gasteiger partial charge is 0.436 e. The highest BCUT2D eigenvalue weighted by atomic mass is 16.3. The van der Waals surface area contributed by atoms with Gasteiger partial charge in [-0.15, -0.1) is 0 Å². The van der Waals surface area contributed by atoms with Gasteiger partial charge in [-0.25, -0.2) is 4.98 Å². The highest BCUT2D eigenvalue weighted by Crippen LogP contribution is 2.47. The minimum atomic E-state index is 0.583. The van der Waals surface area contributed by atoms with Crippen molar-refractivity contribution in [1.82, 2.24) is 9.55 Å². The van der Waals surface area contributed by atoms with Crippen molar-refractivity contribution in [2.24, 2.45) is 0 Å². The van der Waals surface area contributed by atoms with Gasteiger partial charge < -0.3 is 13.9 Å². The van der Waals surface area contributed by atoms with Gasteiger partial charge in [0.1, 0.15) is 5.52 Å². The molecule has 0 atom stereocenters. The van der Waals surface area contributed by atoms with E-state index in [1.165, 1.54) is 27.2 Å². The molecular weight excluding hydrogens is 695 g/mol. The van der Waals surface area contributed by atoms with Crippen LogP contribution in [0.3, 0.4) is 0 Å².